The van der Waals surface area contributed by atoms with Gasteiger partial charge < -0.3 is 10.4 Å². The van der Waals surface area contributed by atoms with Gasteiger partial charge in [-0.1, -0.05) is 63.6 Å². The van der Waals surface area contributed by atoms with Crippen molar-refractivity contribution in [2.75, 3.05) is 5.32 Å². The lowest BCUT2D eigenvalue weighted by molar-refractivity contribution is 0.0978. The second-order valence-electron chi connectivity index (χ2n) is 7.79. The maximum atomic E-state index is 13.9. The summed E-state index contributed by atoms with van der Waals surface area (Å²) in [6.45, 7) is 2.17. The molecule has 5 nitrogen and oxygen atoms in total. The second kappa shape index (κ2) is 10.8. The largest absolute Gasteiger partial charge is 0.494 e. The number of unbranched alkanes of at least 4 members (excludes halogenated alkanes) is 6. The molecule has 0 saturated heterocycles. The number of rotatable bonds is 10. The molecule has 6 heteroatoms. The Morgan fingerprint density at radius 3 is 2.35 bits per heavy atom. The van der Waals surface area contributed by atoms with Gasteiger partial charge in [-0.25, -0.2) is 13.8 Å². The highest BCUT2D eigenvalue weighted by atomic mass is 19.1. The number of amides is 1. The van der Waals surface area contributed by atoms with Gasteiger partial charge in [0.1, 0.15) is 5.82 Å². The fraction of sp³-hybridized carbons (Fsp3) is 0.360. The molecule has 0 aliphatic carbocycles. The van der Waals surface area contributed by atoms with Gasteiger partial charge in [0.25, 0.3) is 0 Å². The summed E-state index contributed by atoms with van der Waals surface area (Å²) in [4.78, 5) is 25.7. The van der Waals surface area contributed by atoms with Gasteiger partial charge in [0, 0.05) is 17.5 Å². The summed E-state index contributed by atoms with van der Waals surface area (Å²) in [5.41, 5.74) is 0.839. The number of para-hydroxylation sites is 1. The van der Waals surface area contributed by atoms with E-state index in [0.29, 0.717) is 12.1 Å². The first kappa shape index (κ1) is 22.5. The van der Waals surface area contributed by atoms with Crippen molar-refractivity contribution in [2.24, 2.45) is 0 Å². The smallest absolute Gasteiger partial charge is 0.333 e. The Bertz CT molecular complexity index is 1040. The normalized spacial score (nSPS) is 11.0. The van der Waals surface area contributed by atoms with Crippen molar-refractivity contribution < 1.29 is 19.1 Å². The molecule has 31 heavy (non-hydrogen) atoms. The van der Waals surface area contributed by atoms with Gasteiger partial charge in [-0.05, 0) is 36.8 Å². The molecule has 3 aromatic rings. The van der Waals surface area contributed by atoms with Crippen LogP contribution >= 0.6 is 0 Å². The van der Waals surface area contributed by atoms with Crippen LogP contribution < -0.4 is 5.32 Å². The molecule has 164 valence electrons. The van der Waals surface area contributed by atoms with Gasteiger partial charge >= 0.3 is 6.03 Å². The van der Waals surface area contributed by atoms with E-state index in [2.05, 4.69) is 12.2 Å². The first-order valence-corrected chi connectivity index (χ1v) is 11.0. The highest BCUT2D eigenvalue weighted by Crippen LogP contribution is 2.33. The maximum absolute atomic E-state index is 13.9. The van der Waals surface area contributed by atoms with Crippen molar-refractivity contribution in [3.8, 4) is 5.88 Å². The van der Waals surface area contributed by atoms with E-state index in [0.717, 1.165) is 23.8 Å². The molecular formula is C25H29FN2O3. The third kappa shape index (κ3) is 5.51. The molecule has 0 saturated carbocycles. The number of nitrogens with zero attached hydrogens (tertiary/aromatic N) is 1. The molecule has 1 aromatic heterocycles. The quantitative estimate of drug-likeness (QED) is 0.275. The molecule has 0 radical (unpaired) electrons. The number of halogens is 1. The number of aromatic nitrogens is 1. The lowest BCUT2D eigenvalue weighted by atomic mass is 10.0. The van der Waals surface area contributed by atoms with Crippen LogP contribution in [0.5, 0.6) is 5.88 Å². The Labute approximate surface area is 181 Å². The number of fused-ring (bicyclic) bond motifs is 1. The minimum Gasteiger partial charge on any atom is -0.494 e. The van der Waals surface area contributed by atoms with E-state index in [9.17, 15) is 19.1 Å². The van der Waals surface area contributed by atoms with Crippen LogP contribution in [0.4, 0.5) is 14.9 Å². The third-order valence-corrected chi connectivity index (χ3v) is 5.42. The molecule has 1 heterocycles. The summed E-state index contributed by atoms with van der Waals surface area (Å²) < 4.78 is 14.9. The van der Waals surface area contributed by atoms with E-state index in [1.807, 2.05) is 6.07 Å². The van der Waals surface area contributed by atoms with Crippen molar-refractivity contribution in [3.05, 3.63) is 59.9 Å². The number of carbonyl (C=O) groups excluding carboxylic acids is 2. The van der Waals surface area contributed by atoms with Gasteiger partial charge in [-0.15, -0.1) is 0 Å². The van der Waals surface area contributed by atoms with E-state index in [1.165, 1.54) is 37.5 Å². The highest BCUT2D eigenvalue weighted by Gasteiger charge is 2.25. The minimum atomic E-state index is -0.615. The zero-order valence-corrected chi connectivity index (χ0v) is 17.9. The molecule has 0 aliphatic rings. The van der Waals surface area contributed by atoms with E-state index in [1.54, 1.807) is 24.3 Å². The van der Waals surface area contributed by atoms with Crippen molar-refractivity contribution in [2.45, 2.75) is 58.3 Å². The number of nitrogens with one attached hydrogen (secondary N) is 1. The average molecular weight is 425 g/mol. The molecule has 0 aliphatic heterocycles. The van der Waals surface area contributed by atoms with Gasteiger partial charge in [0.2, 0.25) is 5.88 Å². The van der Waals surface area contributed by atoms with E-state index in [-0.39, 0.29) is 28.7 Å². The predicted molar refractivity (Wildman–Crippen MR) is 121 cm³/mol. The summed E-state index contributed by atoms with van der Waals surface area (Å²) in [7, 11) is 0. The molecule has 0 bridgehead atoms. The molecule has 0 unspecified atom stereocenters. The van der Waals surface area contributed by atoms with Crippen molar-refractivity contribution >= 4 is 28.4 Å². The number of carbonyl (C=O) groups is 2. The molecule has 1 amide bonds. The van der Waals surface area contributed by atoms with Crippen LogP contribution in [0.3, 0.4) is 0 Å². The maximum Gasteiger partial charge on any atom is 0.333 e. The van der Waals surface area contributed by atoms with E-state index < -0.39 is 17.7 Å². The van der Waals surface area contributed by atoms with E-state index in [4.69, 9.17) is 0 Å². The first-order chi connectivity index (χ1) is 15.0. The zero-order valence-electron chi connectivity index (χ0n) is 17.9. The summed E-state index contributed by atoms with van der Waals surface area (Å²) in [6.07, 6.45) is 7.71. The fourth-order valence-corrected chi connectivity index (χ4v) is 3.80. The monoisotopic (exact) mass is 424 g/mol. The number of hydrogen-bond donors (Lipinski definition) is 2. The Morgan fingerprint density at radius 1 is 0.968 bits per heavy atom. The van der Waals surface area contributed by atoms with Crippen LogP contribution in [-0.2, 0) is 0 Å². The summed E-state index contributed by atoms with van der Waals surface area (Å²) >= 11 is 0. The Hall–Kier alpha value is -3.15. The standard InChI is InChI=1S/C25H29FN2O3/c1-2-3-4-5-6-7-11-14-22(29)23-20-17-18(26)15-16-21(20)28(24(23)30)25(31)27-19-12-9-8-10-13-19/h8-10,12-13,15-17,30H,2-7,11,14H2,1H3,(H,27,31). The SMILES string of the molecule is CCCCCCCCCC(=O)c1c(O)n(C(=O)Nc2ccccc2)c2ccc(F)cc12. The predicted octanol–water partition coefficient (Wildman–Crippen LogP) is 6.89. The first-order valence-electron chi connectivity index (χ1n) is 11.0. The van der Waals surface area contributed by atoms with Crippen LogP contribution in [0.2, 0.25) is 0 Å². The Morgan fingerprint density at radius 2 is 1.65 bits per heavy atom. The molecule has 2 N–H and O–H groups in total. The van der Waals surface area contributed by atoms with Crippen LogP contribution in [-0.4, -0.2) is 21.5 Å². The van der Waals surface area contributed by atoms with Crippen LogP contribution in [0.1, 0.15) is 68.6 Å². The number of hydrogen-bond acceptors (Lipinski definition) is 3. The number of aromatic hydroxyl groups is 1. The fourth-order valence-electron chi connectivity index (χ4n) is 3.80. The van der Waals surface area contributed by atoms with Gasteiger partial charge in [0.05, 0.1) is 11.1 Å². The summed E-state index contributed by atoms with van der Waals surface area (Å²) in [5, 5.41) is 13.7. The third-order valence-electron chi connectivity index (χ3n) is 5.42. The highest BCUT2D eigenvalue weighted by molar-refractivity contribution is 6.14. The number of anilines is 1. The molecule has 0 spiro atoms. The van der Waals surface area contributed by atoms with Gasteiger partial charge in [-0.3, -0.25) is 4.79 Å². The average Bonchev–Trinajstić information content (AvgIpc) is 3.04. The minimum absolute atomic E-state index is 0.00342. The lowest BCUT2D eigenvalue weighted by Crippen LogP contribution is -2.19. The summed E-state index contributed by atoms with van der Waals surface area (Å²) in [5.74, 6) is -1.27. The van der Waals surface area contributed by atoms with Crippen LogP contribution in [0.15, 0.2) is 48.5 Å². The molecular weight excluding hydrogens is 395 g/mol. The van der Waals surface area contributed by atoms with E-state index >= 15 is 0 Å². The van der Waals surface area contributed by atoms with Crippen LogP contribution in [0, 0.1) is 5.82 Å². The van der Waals surface area contributed by atoms with Crippen molar-refractivity contribution in [3.63, 3.8) is 0 Å². The van der Waals surface area contributed by atoms with Crippen molar-refractivity contribution in [1.82, 2.24) is 4.57 Å². The van der Waals surface area contributed by atoms with Crippen LogP contribution in [0.25, 0.3) is 10.9 Å². The van der Waals surface area contributed by atoms with Gasteiger partial charge in [-0.2, -0.15) is 0 Å². The number of benzene rings is 2. The lowest BCUT2D eigenvalue weighted by Gasteiger charge is -2.08. The summed E-state index contributed by atoms with van der Waals surface area (Å²) in [6, 6.07) is 12.0. The molecule has 2 aromatic carbocycles. The second-order valence-corrected chi connectivity index (χ2v) is 7.79. The molecule has 3 rings (SSSR count). The van der Waals surface area contributed by atoms with Gasteiger partial charge in [0.15, 0.2) is 5.78 Å². The Kier molecular flexibility index (Phi) is 7.82. The zero-order chi connectivity index (χ0) is 22.2. The molecule has 0 atom stereocenters. The Balaban J connectivity index is 1.79. The van der Waals surface area contributed by atoms with Crippen molar-refractivity contribution in [1.29, 1.82) is 0 Å². The molecule has 0 fully saturated rings. The topological polar surface area (TPSA) is 71.3 Å². The number of Topliss-reactive ketones (excluding diaryl/α,β-unsaturated/α-hetero) is 1. The number of ketones is 1.